The molecule has 6 rings (SSSR count). The summed E-state index contributed by atoms with van der Waals surface area (Å²) in [4.78, 5) is 22.9. The molecule has 1 aliphatic heterocycles. The molecule has 1 atom stereocenters. The average molecular weight is 541 g/mol. The highest BCUT2D eigenvalue weighted by molar-refractivity contribution is 14.1. The monoisotopic (exact) mass is 541 g/mol. The van der Waals surface area contributed by atoms with E-state index in [-0.39, 0.29) is 17.7 Å². The molecule has 1 N–H and O–H groups in total. The van der Waals surface area contributed by atoms with E-state index < -0.39 is 6.04 Å². The van der Waals surface area contributed by atoms with Crippen LogP contribution in [0.25, 0.3) is 17.1 Å². The molecule has 6 heterocycles. The minimum Gasteiger partial charge on any atom is -0.411 e. The van der Waals surface area contributed by atoms with E-state index in [1.54, 1.807) is 35.2 Å². The zero-order chi connectivity index (χ0) is 21.8. The van der Waals surface area contributed by atoms with Gasteiger partial charge in [-0.1, -0.05) is 6.07 Å². The van der Waals surface area contributed by atoms with Crippen molar-refractivity contribution in [3.63, 3.8) is 0 Å². The average Bonchev–Trinajstić information content (AvgIpc) is 3.57. The number of H-pyrrole nitrogens is 1. The van der Waals surface area contributed by atoms with Gasteiger partial charge < -0.3 is 14.3 Å². The van der Waals surface area contributed by atoms with E-state index in [4.69, 9.17) is 9.52 Å². The van der Waals surface area contributed by atoms with Crippen molar-refractivity contribution in [3.8, 4) is 11.6 Å². The summed E-state index contributed by atoms with van der Waals surface area (Å²) in [5, 5.41) is 17.0. The summed E-state index contributed by atoms with van der Waals surface area (Å²) < 4.78 is 10.1. The van der Waals surface area contributed by atoms with Crippen LogP contribution in [0.1, 0.15) is 33.8 Å². The molecule has 32 heavy (non-hydrogen) atoms. The van der Waals surface area contributed by atoms with Crippen LogP contribution in [0.2, 0.25) is 0 Å². The Labute approximate surface area is 194 Å². The minimum absolute atomic E-state index is 0.0898. The molecule has 0 saturated heterocycles. The van der Waals surface area contributed by atoms with Crippen LogP contribution in [0, 0.1) is 3.70 Å². The van der Waals surface area contributed by atoms with Gasteiger partial charge in [0.25, 0.3) is 5.89 Å². The lowest BCUT2D eigenvalue weighted by atomic mass is 9.99. The number of aromatic amines is 1. The lowest BCUT2D eigenvalue weighted by molar-refractivity contribution is 0.0646. The SMILES string of the molecule is Cn1ccc(-c2nnc(C(=O)N3CCc4[nH]cnc4[C@H]3c3cc4cccc(I)n4n3)o2)n1. The Bertz CT molecular complexity index is 1460. The molecule has 5 aromatic heterocycles. The molecule has 0 unspecified atom stereocenters. The van der Waals surface area contributed by atoms with Crippen LogP contribution in [-0.2, 0) is 13.5 Å². The fraction of sp³-hybridized carbons (Fsp3) is 0.200. The first kappa shape index (κ1) is 19.2. The number of rotatable bonds is 3. The van der Waals surface area contributed by atoms with Gasteiger partial charge in [0.15, 0.2) is 0 Å². The lowest BCUT2D eigenvalue weighted by Crippen LogP contribution is -2.41. The Hall–Kier alpha value is -3.55. The minimum atomic E-state index is -0.474. The fourth-order valence-electron chi connectivity index (χ4n) is 3.99. The number of imidazole rings is 1. The van der Waals surface area contributed by atoms with E-state index in [9.17, 15) is 4.79 Å². The van der Waals surface area contributed by atoms with Crippen molar-refractivity contribution < 1.29 is 9.21 Å². The number of hydrogen-bond acceptors (Lipinski definition) is 7. The van der Waals surface area contributed by atoms with E-state index in [1.807, 2.05) is 28.8 Å². The number of carbonyl (C=O) groups excluding carboxylic acids is 1. The van der Waals surface area contributed by atoms with E-state index >= 15 is 0 Å². The van der Waals surface area contributed by atoms with Crippen molar-refractivity contribution in [2.24, 2.45) is 7.05 Å². The van der Waals surface area contributed by atoms with Gasteiger partial charge in [-0.15, -0.1) is 10.2 Å². The molecular formula is C20H16IN9O2. The second kappa shape index (κ2) is 7.25. The van der Waals surface area contributed by atoms with Crippen LogP contribution in [-0.4, -0.2) is 56.9 Å². The highest BCUT2D eigenvalue weighted by atomic mass is 127. The van der Waals surface area contributed by atoms with Gasteiger partial charge in [-0.2, -0.15) is 10.2 Å². The number of amides is 1. The zero-order valence-electron chi connectivity index (χ0n) is 16.8. The number of pyridine rings is 1. The van der Waals surface area contributed by atoms with Crippen molar-refractivity contribution in [2.45, 2.75) is 12.5 Å². The molecule has 160 valence electrons. The standard InChI is InChI=1S/C20H16IN9O2/c1-28-7-5-13(26-28)18-24-25-19(32-18)20(31)29-8-6-12-16(23-10-22-12)17(29)14-9-11-3-2-4-15(21)30(11)27-14/h2-5,7,9-10,17H,6,8H2,1H3,(H,22,23)/t17-/m1/s1. The van der Waals surface area contributed by atoms with Crippen molar-refractivity contribution >= 4 is 34.0 Å². The van der Waals surface area contributed by atoms with Crippen molar-refractivity contribution in [1.29, 1.82) is 0 Å². The van der Waals surface area contributed by atoms with Gasteiger partial charge in [0.1, 0.15) is 15.4 Å². The number of halogens is 1. The molecule has 0 saturated carbocycles. The molecule has 5 aromatic rings. The lowest BCUT2D eigenvalue weighted by Gasteiger charge is -2.32. The zero-order valence-corrected chi connectivity index (χ0v) is 19.0. The summed E-state index contributed by atoms with van der Waals surface area (Å²) in [6.45, 7) is 0.463. The molecule has 1 amide bonds. The van der Waals surface area contributed by atoms with Crippen LogP contribution in [0.3, 0.4) is 0 Å². The number of nitrogens with one attached hydrogen (secondary N) is 1. The molecule has 0 fully saturated rings. The summed E-state index contributed by atoms with van der Waals surface area (Å²) in [6.07, 6.45) is 4.06. The van der Waals surface area contributed by atoms with Crippen LogP contribution < -0.4 is 0 Å². The first-order valence-electron chi connectivity index (χ1n) is 9.89. The van der Waals surface area contributed by atoms with Gasteiger partial charge in [-0.25, -0.2) is 9.50 Å². The molecule has 12 heteroatoms. The highest BCUT2D eigenvalue weighted by Crippen LogP contribution is 2.34. The topological polar surface area (TPSA) is 123 Å². The maximum atomic E-state index is 13.5. The van der Waals surface area contributed by atoms with Crippen molar-refractivity contribution in [1.82, 2.24) is 44.5 Å². The smallest absolute Gasteiger partial charge is 0.312 e. The van der Waals surface area contributed by atoms with Gasteiger partial charge in [0.05, 0.1) is 23.2 Å². The van der Waals surface area contributed by atoms with Gasteiger partial charge in [-0.05, 0) is 46.9 Å². The number of hydrogen-bond donors (Lipinski definition) is 1. The van der Waals surface area contributed by atoms with E-state index in [0.29, 0.717) is 18.7 Å². The summed E-state index contributed by atoms with van der Waals surface area (Å²) in [5.41, 5.74) is 3.94. The first-order chi connectivity index (χ1) is 15.6. The number of aryl methyl sites for hydroxylation is 1. The predicted octanol–water partition coefficient (Wildman–Crippen LogP) is 2.23. The Balaban J connectivity index is 1.41. The van der Waals surface area contributed by atoms with E-state index in [0.717, 1.165) is 26.3 Å². The van der Waals surface area contributed by atoms with Gasteiger partial charge in [0, 0.05) is 31.9 Å². The molecule has 1 aliphatic rings. The largest absolute Gasteiger partial charge is 0.411 e. The quantitative estimate of drug-likeness (QED) is 0.275. The molecule has 0 aliphatic carbocycles. The maximum Gasteiger partial charge on any atom is 0.312 e. The van der Waals surface area contributed by atoms with Crippen LogP contribution in [0.15, 0.2) is 47.3 Å². The van der Waals surface area contributed by atoms with Crippen molar-refractivity contribution in [3.05, 3.63) is 69.5 Å². The third kappa shape index (κ3) is 3.01. The Morgan fingerprint density at radius 1 is 1.25 bits per heavy atom. The predicted molar refractivity (Wildman–Crippen MR) is 120 cm³/mol. The summed E-state index contributed by atoms with van der Waals surface area (Å²) in [7, 11) is 1.79. The number of aromatic nitrogens is 8. The number of carbonyl (C=O) groups is 1. The van der Waals surface area contributed by atoms with Crippen LogP contribution >= 0.6 is 22.6 Å². The van der Waals surface area contributed by atoms with Crippen molar-refractivity contribution in [2.75, 3.05) is 6.54 Å². The molecule has 0 spiro atoms. The third-order valence-corrected chi connectivity index (χ3v) is 6.28. The van der Waals surface area contributed by atoms with Gasteiger partial charge in [-0.3, -0.25) is 9.48 Å². The second-order valence-corrected chi connectivity index (χ2v) is 8.56. The fourth-order valence-corrected chi connectivity index (χ4v) is 4.59. The van der Waals surface area contributed by atoms with Crippen LogP contribution in [0.5, 0.6) is 0 Å². The van der Waals surface area contributed by atoms with Gasteiger partial charge >= 0.3 is 11.8 Å². The molecule has 11 nitrogen and oxygen atoms in total. The molecular weight excluding hydrogens is 525 g/mol. The van der Waals surface area contributed by atoms with Gasteiger partial charge in [0.2, 0.25) is 0 Å². The second-order valence-electron chi connectivity index (χ2n) is 7.46. The number of fused-ring (bicyclic) bond motifs is 2. The van der Waals surface area contributed by atoms with Crippen LogP contribution in [0.4, 0.5) is 0 Å². The van der Waals surface area contributed by atoms with E-state index in [1.165, 1.54) is 0 Å². The highest BCUT2D eigenvalue weighted by Gasteiger charge is 2.38. The Morgan fingerprint density at radius 3 is 2.97 bits per heavy atom. The maximum absolute atomic E-state index is 13.5. The summed E-state index contributed by atoms with van der Waals surface area (Å²) >= 11 is 2.24. The van der Waals surface area contributed by atoms with E-state index in [2.05, 4.69) is 47.9 Å². The number of nitrogens with zero attached hydrogens (tertiary/aromatic N) is 8. The Kier molecular flexibility index (Phi) is 4.34. The summed E-state index contributed by atoms with van der Waals surface area (Å²) in [5.74, 6) is -0.261. The summed E-state index contributed by atoms with van der Waals surface area (Å²) in [6, 6.07) is 9.19. The Morgan fingerprint density at radius 2 is 2.16 bits per heavy atom. The first-order valence-corrected chi connectivity index (χ1v) is 11.0. The third-order valence-electron chi connectivity index (χ3n) is 5.47. The normalized spacial score (nSPS) is 15.9. The molecule has 0 aromatic carbocycles. The molecule has 0 bridgehead atoms. The molecule has 0 radical (unpaired) electrons.